The van der Waals surface area contributed by atoms with Gasteiger partial charge in [0.2, 0.25) is 0 Å². The second-order valence-corrected chi connectivity index (χ2v) is 5.60. The van der Waals surface area contributed by atoms with E-state index in [0.717, 1.165) is 32.6 Å². The van der Waals surface area contributed by atoms with Crippen LogP contribution in [-0.2, 0) is 4.74 Å². The van der Waals surface area contributed by atoms with Crippen molar-refractivity contribution in [1.29, 1.82) is 5.26 Å². The minimum Gasteiger partial charge on any atom is -0.381 e. The number of anilines is 1. The molecule has 0 radical (unpaired) electrons. The average Bonchev–Trinajstić information content (AvgIpc) is 2.42. The van der Waals surface area contributed by atoms with Gasteiger partial charge in [0.15, 0.2) is 5.82 Å². The number of halogens is 2. The molecule has 1 aromatic carbocycles. The Balaban J connectivity index is 2.12. The normalized spacial score (nSPS) is 16.1. The predicted octanol–water partition coefficient (Wildman–Crippen LogP) is 3.32. The lowest BCUT2D eigenvalue weighted by Crippen LogP contribution is -2.30. The maximum absolute atomic E-state index is 14.2. The highest BCUT2D eigenvalue weighted by molar-refractivity contribution is 9.10. The summed E-state index contributed by atoms with van der Waals surface area (Å²) in [5.74, 6) is 0.168. The third kappa shape index (κ3) is 3.26. The first-order valence-corrected chi connectivity index (χ1v) is 7.09. The maximum Gasteiger partial charge on any atom is 0.161 e. The van der Waals surface area contributed by atoms with E-state index in [1.807, 2.05) is 18.0 Å². The number of benzene rings is 1. The Hall–Kier alpha value is -1.12. The first kappa shape index (κ1) is 14.3. The fraction of sp³-hybridized carbons (Fsp3) is 0.500. The van der Waals surface area contributed by atoms with Crippen LogP contribution < -0.4 is 4.90 Å². The summed E-state index contributed by atoms with van der Waals surface area (Å²) in [4.78, 5) is 1.91. The number of nitriles is 1. The van der Waals surface area contributed by atoms with Gasteiger partial charge in [0.05, 0.1) is 15.7 Å². The van der Waals surface area contributed by atoms with Crippen molar-refractivity contribution in [3.05, 3.63) is 28.0 Å². The largest absolute Gasteiger partial charge is 0.381 e. The minimum absolute atomic E-state index is 0.242. The second-order valence-electron chi connectivity index (χ2n) is 4.81. The molecule has 0 atom stereocenters. The van der Waals surface area contributed by atoms with Crippen LogP contribution in [0.3, 0.4) is 0 Å². The van der Waals surface area contributed by atoms with E-state index >= 15 is 0 Å². The van der Waals surface area contributed by atoms with Crippen molar-refractivity contribution in [2.75, 3.05) is 31.7 Å². The molecule has 0 saturated carbocycles. The van der Waals surface area contributed by atoms with Crippen molar-refractivity contribution >= 4 is 21.6 Å². The molecule has 0 aliphatic carbocycles. The SMILES string of the molecule is CN(CC1CCOCC1)c1ccc(C#N)c(Br)c1F. The summed E-state index contributed by atoms with van der Waals surface area (Å²) < 4.78 is 19.8. The van der Waals surface area contributed by atoms with Crippen LogP contribution in [0.4, 0.5) is 10.1 Å². The zero-order valence-corrected chi connectivity index (χ0v) is 12.4. The van der Waals surface area contributed by atoms with Crippen LogP contribution in [0.5, 0.6) is 0 Å². The van der Waals surface area contributed by atoms with Gasteiger partial charge in [0, 0.05) is 26.8 Å². The summed E-state index contributed by atoms with van der Waals surface area (Å²) in [5.41, 5.74) is 0.845. The first-order chi connectivity index (χ1) is 9.13. The van der Waals surface area contributed by atoms with Crippen LogP contribution in [0, 0.1) is 23.1 Å². The molecule has 3 nitrogen and oxygen atoms in total. The van der Waals surface area contributed by atoms with Crippen LogP contribution in [0.1, 0.15) is 18.4 Å². The van der Waals surface area contributed by atoms with Crippen LogP contribution in [0.2, 0.25) is 0 Å². The first-order valence-electron chi connectivity index (χ1n) is 6.30. The van der Waals surface area contributed by atoms with Crippen molar-refractivity contribution in [1.82, 2.24) is 0 Å². The van der Waals surface area contributed by atoms with Crippen molar-refractivity contribution in [2.24, 2.45) is 5.92 Å². The maximum atomic E-state index is 14.2. The van der Waals surface area contributed by atoms with E-state index in [4.69, 9.17) is 10.00 Å². The van der Waals surface area contributed by atoms with E-state index < -0.39 is 0 Å². The van der Waals surface area contributed by atoms with Crippen molar-refractivity contribution < 1.29 is 9.13 Å². The van der Waals surface area contributed by atoms with Gasteiger partial charge in [0.25, 0.3) is 0 Å². The van der Waals surface area contributed by atoms with Gasteiger partial charge in [0.1, 0.15) is 6.07 Å². The van der Waals surface area contributed by atoms with Crippen LogP contribution in [0.25, 0.3) is 0 Å². The van der Waals surface area contributed by atoms with Crippen LogP contribution in [0.15, 0.2) is 16.6 Å². The van der Waals surface area contributed by atoms with E-state index in [-0.39, 0.29) is 10.3 Å². The highest BCUT2D eigenvalue weighted by atomic mass is 79.9. The third-order valence-electron chi connectivity index (χ3n) is 3.47. The Morgan fingerprint density at radius 3 is 2.79 bits per heavy atom. The number of hydrogen-bond acceptors (Lipinski definition) is 3. The second kappa shape index (κ2) is 6.36. The Bertz CT molecular complexity index is 495. The highest BCUT2D eigenvalue weighted by Gasteiger charge is 2.19. The number of hydrogen-bond donors (Lipinski definition) is 0. The molecule has 0 unspecified atom stereocenters. The van der Waals surface area contributed by atoms with Gasteiger partial charge in [-0.05, 0) is 46.8 Å². The predicted molar refractivity (Wildman–Crippen MR) is 75.6 cm³/mol. The molecule has 102 valence electrons. The molecule has 0 amide bonds. The van der Waals surface area contributed by atoms with E-state index in [2.05, 4.69) is 15.9 Å². The Morgan fingerprint density at radius 1 is 1.47 bits per heavy atom. The smallest absolute Gasteiger partial charge is 0.161 e. The lowest BCUT2D eigenvalue weighted by Gasteiger charge is -2.28. The Morgan fingerprint density at radius 2 is 2.16 bits per heavy atom. The molecule has 1 saturated heterocycles. The fourth-order valence-corrected chi connectivity index (χ4v) is 2.76. The van der Waals surface area contributed by atoms with Gasteiger partial charge in [-0.15, -0.1) is 0 Å². The van der Waals surface area contributed by atoms with Gasteiger partial charge < -0.3 is 9.64 Å². The molecule has 0 bridgehead atoms. The quantitative estimate of drug-likeness (QED) is 0.854. The average molecular weight is 327 g/mol. The fourth-order valence-electron chi connectivity index (χ4n) is 2.34. The van der Waals surface area contributed by atoms with Gasteiger partial charge in [-0.3, -0.25) is 0 Å². The molecule has 1 aliphatic rings. The van der Waals surface area contributed by atoms with Gasteiger partial charge in [-0.1, -0.05) is 0 Å². The summed E-state index contributed by atoms with van der Waals surface area (Å²) in [6.07, 6.45) is 2.03. The molecule has 0 spiro atoms. The van der Waals surface area contributed by atoms with Gasteiger partial charge in [-0.25, -0.2) is 4.39 Å². The van der Waals surface area contributed by atoms with E-state index in [1.165, 1.54) is 0 Å². The molecule has 2 rings (SSSR count). The monoisotopic (exact) mass is 326 g/mol. The van der Waals surface area contributed by atoms with Crippen molar-refractivity contribution in [3.63, 3.8) is 0 Å². The van der Waals surface area contributed by atoms with Crippen LogP contribution >= 0.6 is 15.9 Å². The summed E-state index contributed by atoms with van der Waals surface area (Å²) in [6, 6.07) is 5.27. The van der Waals surface area contributed by atoms with Gasteiger partial charge >= 0.3 is 0 Å². The summed E-state index contributed by atoms with van der Waals surface area (Å²) in [7, 11) is 1.88. The Kier molecular flexibility index (Phi) is 4.78. The van der Waals surface area contributed by atoms with Crippen molar-refractivity contribution in [2.45, 2.75) is 12.8 Å². The molecule has 1 aliphatic heterocycles. The molecule has 1 fully saturated rings. The standard InChI is InChI=1S/C14H16BrFN2O/c1-18(9-10-4-6-19-7-5-10)12-3-2-11(8-17)13(15)14(12)16/h2-3,10H,4-7,9H2,1H3. The minimum atomic E-state index is -0.367. The van der Waals surface area contributed by atoms with E-state index in [0.29, 0.717) is 17.2 Å². The lowest BCUT2D eigenvalue weighted by molar-refractivity contribution is 0.0685. The Labute approximate surface area is 121 Å². The molecule has 1 aromatic rings. The van der Waals surface area contributed by atoms with E-state index in [9.17, 15) is 4.39 Å². The molecule has 5 heteroatoms. The molecule has 0 aromatic heterocycles. The molecule has 1 heterocycles. The molecule has 19 heavy (non-hydrogen) atoms. The lowest BCUT2D eigenvalue weighted by atomic mass is 9.99. The van der Waals surface area contributed by atoms with E-state index in [1.54, 1.807) is 12.1 Å². The summed E-state index contributed by atoms with van der Waals surface area (Å²) in [6.45, 7) is 2.38. The summed E-state index contributed by atoms with van der Waals surface area (Å²) >= 11 is 3.14. The number of nitrogens with zero attached hydrogens (tertiary/aromatic N) is 2. The topological polar surface area (TPSA) is 36.3 Å². The zero-order valence-electron chi connectivity index (χ0n) is 10.8. The van der Waals surface area contributed by atoms with Crippen molar-refractivity contribution in [3.8, 4) is 6.07 Å². The number of rotatable bonds is 3. The van der Waals surface area contributed by atoms with Gasteiger partial charge in [-0.2, -0.15) is 5.26 Å². The molecular formula is C14H16BrFN2O. The zero-order chi connectivity index (χ0) is 13.8. The number of ether oxygens (including phenoxy) is 1. The third-order valence-corrected chi connectivity index (χ3v) is 4.24. The summed E-state index contributed by atoms with van der Waals surface area (Å²) in [5, 5.41) is 8.86. The molecular weight excluding hydrogens is 311 g/mol. The molecule has 0 N–H and O–H groups in total. The van der Waals surface area contributed by atoms with Crippen LogP contribution in [-0.4, -0.2) is 26.8 Å². The highest BCUT2D eigenvalue weighted by Crippen LogP contribution is 2.29.